The van der Waals surface area contributed by atoms with E-state index >= 15 is 0 Å². The number of fused-ring (bicyclic) bond motifs is 1. The molecule has 0 saturated carbocycles. The number of hydrogen-bond acceptors (Lipinski definition) is 5. The van der Waals surface area contributed by atoms with Crippen molar-refractivity contribution in [1.29, 1.82) is 0 Å². The maximum absolute atomic E-state index is 4.73. The molecule has 0 bridgehead atoms. The summed E-state index contributed by atoms with van der Waals surface area (Å²) in [6.45, 7) is 6.11. The van der Waals surface area contributed by atoms with Crippen LogP contribution in [0.25, 0.3) is 5.65 Å². The second-order valence-electron chi connectivity index (χ2n) is 7.41. The highest BCUT2D eigenvalue weighted by Gasteiger charge is 2.27. The van der Waals surface area contributed by atoms with E-state index in [1.165, 1.54) is 24.0 Å². The summed E-state index contributed by atoms with van der Waals surface area (Å²) in [5.41, 5.74) is 5.70. The molecular formula is C20H26N6. The van der Waals surface area contributed by atoms with Crippen LogP contribution in [0, 0.1) is 13.8 Å². The van der Waals surface area contributed by atoms with Gasteiger partial charge in [0, 0.05) is 49.8 Å². The molecule has 0 unspecified atom stereocenters. The van der Waals surface area contributed by atoms with Crippen molar-refractivity contribution in [2.24, 2.45) is 0 Å². The summed E-state index contributed by atoms with van der Waals surface area (Å²) >= 11 is 0. The smallest absolute Gasteiger partial charge is 0.159 e. The van der Waals surface area contributed by atoms with Gasteiger partial charge < -0.3 is 4.90 Å². The van der Waals surface area contributed by atoms with Crippen molar-refractivity contribution in [2.45, 2.75) is 39.3 Å². The van der Waals surface area contributed by atoms with Crippen molar-refractivity contribution in [3.63, 3.8) is 0 Å². The summed E-state index contributed by atoms with van der Waals surface area (Å²) in [6, 6.07) is 6.87. The Morgan fingerprint density at radius 1 is 1.23 bits per heavy atom. The number of pyridine rings is 1. The van der Waals surface area contributed by atoms with Crippen LogP contribution < -0.4 is 4.90 Å². The van der Waals surface area contributed by atoms with Crippen molar-refractivity contribution >= 4 is 11.5 Å². The van der Waals surface area contributed by atoms with E-state index in [1.807, 2.05) is 37.9 Å². The lowest BCUT2D eigenvalue weighted by molar-refractivity contribution is 0.249. The predicted molar refractivity (Wildman–Crippen MR) is 103 cm³/mol. The zero-order chi connectivity index (χ0) is 18.3. The molecule has 4 rings (SSSR count). The van der Waals surface area contributed by atoms with Gasteiger partial charge in [-0.05, 0) is 57.0 Å². The van der Waals surface area contributed by atoms with Crippen LogP contribution in [0.3, 0.4) is 0 Å². The molecule has 0 radical (unpaired) electrons. The molecule has 0 spiro atoms. The Labute approximate surface area is 154 Å². The summed E-state index contributed by atoms with van der Waals surface area (Å²) in [5, 5.41) is 4.55. The Bertz CT molecular complexity index is 929. The van der Waals surface area contributed by atoms with Crippen LogP contribution in [0.5, 0.6) is 0 Å². The van der Waals surface area contributed by atoms with Gasteiger partial charge in [0.1, 0.15) is 5.82 Å². The Morgan fingerprint density at radius 3 is 2.88 bits per heavy atom. The summed E-state index contributed by atoms with van der Waals surface area (Å²) in [7, 11) is 4.07. The fourth-order valence-corrected chi connectivity index (χ4v) is 3.93. The van der Waals surface area contributed by atoms with Gasteiger partial charge in [0.15, 0.2) is 5.65 Å². The predicted octanol–water partition coefficient (Wildman–Crippen LogP) is 3.14. The highest BCUT2D eigenvalue weighted by molar-refractivity contribution is 5.48. The van der Waals surface area contributed by atoms with Gasteiger partial charge in [-0.25, -0.2) is 14.5 Å². The molecule has 0 aromatic carbocycles. The second kappa shape index (κ2) is 6.68. The molecule has 1 aliphatic heterocycles. The van der Waals surface area contributed by atoms with Crippen molar-refractivity contribution in [2.75, 3.05) is 25.5 Å². The zero-order valence-electron chi connectivity index (χ0n) is 16.0. The normalized spacial score (nSPS) is 17.9. The third-order valence-corrected chi connectivity index (χ3v) is 5.20. The third-order valence-electron chi connectivity index (χ3n) is 5.20. The van der Waals surface area contributed by atoms with Crippen LogP contribution in [0.4, 0.5) is 5.82 Å². The maximum atomic E-state index is 4.73. The minimum Gasteiger partial charge on any atom is -0.363 e. The number of aryl methyl sites for hydroxylation is 2. The van der Waals surface area contributed by atoms with E-state index in [0.717, 1.165) is 35.9 Å². The molecule has 1 saturated heterocycles. The molecular weight excluding hydrogens is 324 g/mol. The van der Waals surface area contributed by atoms with Crippen molar-refractivity contribution < 1.29 is 0 Å². The van der Waals surface area contributed by atoms with Crippen LogP contribution >= 0.6 is 0 Å². The maximum Gasteiger partial charge on any atom is 0.159 e. The Balaban J connectivity index is 1.63. The second-order valence-corrected chi connectivity index (χ2v) is 7.41. The highest BCUT2D eigenvalue weighted by Crippen LogP contribution is 2.34. The van der Waals surface area contributed by atoms with E-state index < -0.39 is 0 Å². The lowest BCUT2D eigenvalue weighted by Gasteiger charge is -2.25. The van der Waals surface area contributed by atoms with Crippen molar-refractivity contribution in [3.8, 4) is 0 Å². The standard InChI is InChI=1S/C20H26N6/c1-14-10-15(2)26-20(23-14)17(12-22-26)13-25-9-5-6-18(25)16-7-8-21-19(11-16)24(3)4/h7-8,10-12,18H,5-6,9,13H2,1-4H3/t18-/m1/s1. The minimum atomic E-state index is 0.428. The lowest BCUT2D eigenvalue weighted by atomic mass is 10.1. The zero-order valence-corrected chi connectivity index (χ0v) is 16.0. The van der Waals surface area contributed by atoms with Gasteiger partial charge in [0.05, 0.1) is 6.20 Å². The van der Waals surface area contributed by atoms with E-state index in [4.69, 9.17) is 4.98 Å². The molecule has 0 aliphatic carbocycles. The Morgan fingerprint density at radius 2 is 2.08 bits per heavy atom. The number of nitrogens with zero attached hydrogens (tertiary/aromatic N) is 6. The summed E-state index contributed by atoms with van der Waals surface area (Å²) in [6.07, 6.45) is 6.29. The fraction of sp³-hybridized carbons (Fsp3) is 0.450. The van der Waals surface area contributed by atoms with Crippen LogP contribution in [0.2, 0.25) is 0 Å². The number of likely N-dealkylation sites (tertiary alicyclic amines) is 1. The first-order chi connectivity index (χ1) is 12.5. The van der Waals surface area contributed by atoms with Crippen molar-refractivity contribution in [1.82, 2.24) is 24.5 Å². The first kappa shape index (κ1) is 17.0. The van der Waals surface area contributed by atoms with Gasteiger partial charge in [-0.1, -0.05) is 0 Å². The van der Waals surface area contributed by atoms with Crippen LogP contribution in [-0.4, -0.2) is 45.1 Å². The number of rotatable bonds is 4. The third kappa shape index (κ3) is 3.05. The SMILES string of the molecule is Cc1cc(C)n2ncc(CN3CCC[C@@H]3c3ccnc(N(C)C)c3)c2n1. The topological polar surface area (TPSA) is 49.6 Å². The summed E-state index contributed by atoms with van der Waals surface area (Å²) in [5.74, 6) is 1.01. The van der Waals surface area contributed by atoms with E-state index in [0.29, 0.717) is 6.04 Å². The molecule has 26 heavy (non-hydrogen) atoms. The Kier molecular flexibility index (Phi) is 4.36. The first-order valence-corrected chi connectivity index (χ1v) is 9.21. The van der Waals surface area contributed by atoms with Crippen LogP contribution in [0.1, 0.15) is 41.4 Å². The average Bonchev–Trinajstić information content (AvgIpc) is 3.23. The van der Waals surface area contributed by atoms with Gasteiger partial charge in [0.2, 0.25) is 0 Å². The summed E-state index contributed by atoms with van der Waals surface area (Å²) in [4.78, 5) is 13.8. The van der Waals surface area contributed by atoms with Gasteiger partial charge in [-0.15, -0.1) is 0 Å². The molecule has 6 nitrogen and oxygen atoms in total. The number of aromatic nitrogens is 4. The molecule has 0 N–H and O–H groups in total. The minimum absolute atomic E-state index is 0.428. The molecule has 1 atom stereocenters. The molecule has 6 heteroatoms. The molecule has 0 amide bonds. The van der Waals surface area contributed by atoms with E-state index in [9.17, 15) is 0 Å². The van der Waals surface area contributed by atoms with Gasteiger partial charge >= 0.3 is 0 Å². The largest absolute Gasteiger partial charge is 0.363 e. The van der Waals surface area contributed by atoms with Gasteiger partial charge in [-0.3, -0.25) is 4.90 Å². The fourth-order valence-electron chi connectivity index (χ4n) is 3.93. The first-order valence-electron chi connectivity index (χ1n) is 9.21. The van der Waals surface area contributed by atoms with Crippen molar-refractivity contribution in [3.05, 3.63) is 53.1 Å². The molecule has 1 aliphatic rings. The monoisotopic (exact) mass is 350 g/mol. The average molecular weight is 350 g/mol. The summed E-state index contributed by atoms with van der Waals surface area (Å²) < 4.78 is 1.95. The molecule has 3 aromatic heterocycles. The van der Waals surface area contributed by atoms with Gasteiger partial charge in [0.25, 0.3) is 0 Å². The van der Waals surface area contributed by atoms with Gasteiger partial charge in [-0.2, -0.15) is 5.10 Å². The Hall–Kier alpha value is -2.47. The molecule has 1 fully saturated rings. The highest BCUT2D eigenvalue weighted by atomic mass is 15.3. The van der Waals surface area contributed by atoms with E-state index in [1.54, 1.807) is 0 Å². The molecule has 4 heterocycles. The number of anilines is 1. The number of hydrogen-bond donors (Lipinski definition) is 0. The van der Waals surface area contributed by atoms with E-state index in [2.05, 4.69) is 45.0 Å². The molecule has 136 valence electrons. The van der Waals surface area contributed by atoms with Crippen LogP contribution in [-0.2, 0) is 6.54 Å². The van der Waals surface area contributed by atoms with Crippen LogP contribution in [0.15, 0.2) is 30.6 Å². The lowest BCUT2D eigenvalue weighted by Crippen LogP contribution is -2.23. The quantitative estimate of drug-likeness (QED) is 0.723. The molecule has 3 aromatic rings. The van der Waals surface area contributed by atoms with E-state index in [-0.39, 0.29) is 0 Å².